The van der Waals surface area contributed by atoms with E-state index in [1.54, 1.807) is 7.05 Å². The van der Waals surface area contributed by atoms with Crippen LogP contribution in [0.5, 0.6) is 0 Å². The number of hydrogen-bond acceptors (Lipinski definition) is 3. The Morgan fingerprint density at radius 3 is 2.65 bits per heavy atom. The van der Waals surface area contributed by atoms with Crippen LogP contribution in [-0.4, -0.2) is 20.9 Å². The lowest BCUT2D eigenvalue weighted by Crippen LogP contribution is -2.04. The molecule has 2 aromatic rings. The van der Waals surface area contributed by atoms with E-state index in [0.717, 1.165) is 11.1 Å². The lowest BCUT2D eigenvalue weighted by Gasteiger charge is -2.02. The highest BCUT2D eigenvalue weighted by atomic mass is 16.4. The third kappa shape index (κ3) is 1.75. The molecule has 0 radical (unpaired) electrons. The van der Waals surface area contributed by atoms with Crippen molar-refractivity contribution >= 4 is 11.8 Å². The van der Waals surface area contributed by atoms with Gasteiger partial charge in [0.1, 0.15) is 17.1 Å². The van der Waals surface area contributed by atoms with Crippen LogP contribution >= 0.6 is 0 Å². The highest BCUT2D eigenvalue weighted by molar-refractivity contribution is 6.00. The third-order valence-electron chi connectivity index (χ3n) is 2.71. The van der Waals surface area contributed by atoms with Gasteiger partial charge < -0.3 is 10.8 Å². The largest absolute Gasteiger partial charge is 0.477 e. The molecule has 1 aromatic carbocycles. The van der Waals surface area contributed by atoms with Gasteiger partial charge in [-0.25, -0.2) is 4.79 Å². The van der Waals surface area contributed by atoms with Crippen molar-refractivity contribution < 1.29 is 9.90 Å². The fourth-order valence-corrected chi connectivity index (χ4v) is 1.77. The SMILES string of the molecule is Cc1ccccc1-c1nn(C)c(N)c1C(=O)O. The fourth-order valence-electron chi connectivity index (χ4n) is 1.77. The van der Waals surface area contributed by atoms with Gasteiger partial charge in [0.05, 0.1) is 0 Å². The number of carboxylic acid groups (broad SMARTS) is 1. The molecule has 5 heteroatoms. The predicted molar refractivity (Wildman–Crippen MR) is 64.8 cm³/mol. The molecule has 0 saturated carbocycles. The van der Waals surface area contributed by atoms with E-state index in [-0.39, 0.29) is 11.4 Å². The molecule has 0 aliphatic heterocycles. The van der Waals surface area contributed by atoms with Crippen molar-refractivity contribution in [3.63, 3.8) is 0 Å². The molecule has 1 aromatic heterocycles. The molecule has 0 spiro atoms. The van der Waals surface area contributed by atoms with Gasteiger partial charge in [-0.05, 0) is 12.5 Å². The standard InChI is InChI=1S/C12H13N3O2/c1-7-5-3-4-6-8(7)10-9(12(16)17)11(13)15(2)14-10/h3-6H,13H2,1-2H3,(H,16,17). The molecule has 88 valence electrons. The van der Waals surface area contributed by atoms with E-state index in [4.69, 9.17) is 5.73 Å². The van der Waals surface area contributed by atoms with Gasteiger partial charge in [0.2, 0.25) is 0 Å². The number of nitrogens with two attached hydrogens (primary N) is 1. The van der Waals surface area contributed by atoms with E-state index in [0.29, 0.717) is 5.69 Å². The van der Waals surface area contributed by atoms with Crippen LogP contribution in [-0.2, 0) is 7.05 Å². The first kappa shape index (κ1) is 11.2. The second kappa shape index (κ2) is 3.93. The maximum Gasteiger partial charge on any atom is 0.341 e. The minimum atomic E-state index is -1.06. The quantitative estimate of drug-likeness (QED) is 0.823. The van der Waals surface area contributed by atoms with Crippen molar-refractivity contribution in [2.75, 3.05) is 5.73 Å². The van der Waals surface area contributed by atoms with Crippen molar-refractivity contribution in [2.45, 2.75) is 6.92 Å². The summed E-state index contributed by atoms with van der Waals surface area (Å²) in [7, 11) is 1.63. The van der Waals surface area contributed by atoms with E-state index in [1.807, 2.05) is 31.2 Å². The van der Waals surface area contributed by atoms with Crippen LogP contribution in [0.4, 0.5) is 5.82 Å². The van der Waals surface area contributed by atoms with Crippen LogP contribution in [0.1, 0.15) is 15.9 Å². The highest BCUT2D eigenvalue weighted by Crippen LogP contribution is 2.28. The summed E-state index contributed by atoms with van der Waals surface area (Å²) in [6, 6.07) is 7.49. The zero-order valence-electron chi connectivity index (χ0n) is 9.64. The summed E-state index contributed by atoms with van der Waals surface area (Å²) >= 11 is 0. The van der Waals surface area contributed by atoms with E-state index in [1.165, 1.54) is 4.68 Å². The van der Waals surface area contributed by atoms with Gasteiger partial charge in [-0.2, -0.15) is 5.10 Å². The number of rotatable bonds is 2. The predicted octanol–water partition coefficient (Wildman–Crippen LogP) is 1.68. The number of hydrogen-bond donors (Lipinski definition) is 2. The summed E-state index contributed by atoms with van der Waals surface area (Å²) < 4.78 is 1.38. The van der Waals surface area contributed by atoms with Crippen LogP contribution in [0.3, 0.4) is 0 Å². The average Bonchev–Trinajstić information content (AvgIpc) is 2.56. The van der Waals surface area contributed by atoms with Crippen LogP contribution in [0.15, 0.2) is 24.3 Å². The first-order valence-electron chi connectivity index (χ1n) is 5.14. The second-order valence-corrected chi connectivity index (χ2v) is 3.85. The van der Waals surface area contributed by atoms with Crippen molar-refractivity contribution in [1.29, 1.82) is 0 Å². The normalized spacial score (nSPS) is 10.5. The first-order valence-corrected chi connectivity index (χ1v) is 5.14. The zero-order chi connectivity index (χ0) is 12.6. The summed E-state index contributed by atoms with van der Waals surface area (Å²) in [6.07, 6.45) is 0. The number of carboxylic acids is 1. The van der Waals surface area contributed by atoms with Gasteiger partial charge in [0, 0.05) is 12.6 Å². The lowest BCUT2D eigenvalue weighted by atomic mass is 10.0. The minimum absolute atomic E-state index is 0.0572. The molecule has 0 fully saturated rings. The Balaban J connectivity index is 2.72. The summed E-state index contributed by atoms with van der Waals surface area (Å²) in [4.78, 5) is 11.2. The Morgan fingerprint density at radius 2 is 2.06 bits per heavy atom. The van der Waals surface area contributed by atoms with Crippen molar-refractivity contribution in [3.05, 3.63) is 35.4 Å². The monoisotopic (exact) mass is 231 g/mol. The molecule has 0 amide bonds. The maximum atomic E-state index is 11.2. The zero-order valence-corrected chi connectivity index (χ0v) is 9.64. The number of benzene rings is 1. The Morgan fingerprint density at radius 1 is 1.41 bits per heavy atom. The average molecular weight is 231 g/mol. The summed E-state index contributed by atoms with van der Waals surface area (Å²) in [5.41, 5.74) is 7.94. The Bertz CT molecular complexity index is 587. The van der Waals surface area contributed by atoms with Crippen molar-refractivity contribution in [3.8, 4) is 11.3 Å². The molecule has 0 aliphatic rings. The van der Waals surface area contributed by atoms with Crippen LogP contribution in [0, 0.1) is 6.92 Å². The number of anilines is 1. The summed E-state index contributed by atoms with van der Waals surface area (Å²) in [5, 5.41) is 13.4. The third-order valence-corrected chi connectivity index (χ3v) is 2.71. The van der Waals surface area contributed by atoms with Gasteiger partial charge in [-0.1, -0.05) is 24.3 Å². The number of aromatic nitrogens is 2. The molecule has 0 bridgehead atoms. The van der Waals surface area contributed by atoms with Gasteiger partial charge in [0.25, 0.3) is 0 Å². The van der Waals surface area contributed by atoms with Gasteiger partial charge in [0.15, 0.2) is 0 Å². The lowest BCUT2D eigenvalue weighted by molar-refractivity contribution is 0.0699. The maximum absolute atomic E-state index is 11.2. The number of nitrogens with zero attached hydrogens (tertiary/aromatic N) is 2. The highest BCUT2D eigenvalue weighted by Gasteiger charge is 2.22. The smallest absolute Gasteiger partial charge is 0.341 e. The molecule has 3 N–H and O–H groups in total. The molecule has 0 unspecified atom stereocenters. The number of nitrogen functional groups attached to an aromatic ring is 1. The molecule has 17 heavy (non-hydrogen) atoms. The summed E-state index contributed by atoms with van der Waals surface area (Å²) in [6.45, 7) is 1.91. The topological polar surface area (TPSA) is 81.1 Å². The second-order valence-electron chi connectivity index (χ2n) is 3.85. The molecule has 5 nitrogen and oxygen atoms in total. The van der Waals surface area contributed by atoms with E-state index in [2.05, 4.69) is 5.10 Å². The van der Waals surface area contributed by atoms with E-state index < -0.39 is 5.97 Å². The van der Waals surface area contributed by atoms with Crippen LogP contribution < -0.4 is 5.73 Å². The van der Waals surface area contributed by atoms with E-state index >= 15 is 0 Å². The van der Waals surface area contributed by atoms with E-state index in [9.17, 15) is 9.90 Å². The van der Waals surface area contributed by atoms with Crippen LogP contribution in [0.25, 0.3) is 11.3 Å². The molecular weight excluding hydrogens is 218 g/mol. The van der Waals surface area contributed by atoms with Crippen molar-refractivity contribution in [1.82, 2.24) is 9.78 Å². The minimum Gasteiger partial charge on any atom is -0.477 e. The molecule has 0 atom stereocenters. The molecular formula is C12H13N3O2. The van der Waals surface area contributed by atoms with Crippen LogP contribution in [0.2, 0.25) is 0 Å². The number of aromatic carboxylic acids is 1. The summed E-state index contributed by atoms with van der Waals surface area (Å²) in [5.74, 6) is -0.899. The molecule has 2 rings (SSSR count). The molecule has 0 saturated heterocycles. The Labute approximate surface area is 98.5 Å². The Kier molecular flexibility index (Phi) is 2.59. The van der Waals surface area contributed by atoms with Crippen molar-refractivity contribution in [2.24, 2.45) is 7.05 Å². The van der Waals surface area contributed by atoms with Gasteiger partial charge >= 0.3 is 5.97 Å². The number of carbonyl (C=O) groups is 1. The van der Waals surface area contributed by atoms with Gasteiger partial charge in [-0.15, -0.1) is 0 Å². The number of aryl methyl sites for hydroxylation is 2. The molecule has 0 aliphatic carbocycles. The Hall–Kier alpha value is -2.30. The van der Waals surface area contributed by atoms with Gasteiger partial charge in [-0.3, -0.25) is 4.68 Å². The first-order chi connectivity index (χ1) is 8.02. The molecule has 1 heterocycles. The fraction of sp³-hybridized carbons (Fsp3) is 0.167.